The molecule has 10 heteroatoms. The molecule has 0 radical (unpaired) electrons. The highest BCUT2D eigenvalue weighted by Crippen LogP contribution is 2.46. The molecule has 1 N–H and O–H groups in total. The molecular formula is C32H33N5O4S. The van der Waals surface area contributed by atoms with Crippen LogP contribution in [0.25, 0.3) is 21.1 Å². The monoisotopic (exact) mass is 583 g/mol. The Morgan fingerprint density at radius 2 is 2.10 bits per heavy atom. The smallest absolute Gasteiger partial charge is 0.306 e. The van der Waals surface area contributed by atoms with Crippen LogP contribution in [0.3, 0.4) is 0 Å². The van der Waals surface area contributed by atoms with E-state index in [4.69, 9.17) is 9.47 Å². The molecule has 3 aromatic heterocycles. The number of thiophene rings is 1. The number of hydrogen-bond acceptors (Lipinski definition) is 9. The maximum Gasteiger partial charge on any atom is 0.306 e. The maximum atomic E-state index is 13.0. The van der Waals surface area contributed by atoms with E-state index in [1.807, 2.05) is 26.1 Å². The van der Waals surface area contributed by atoms with E-state index in [0.717, 1.165) is 63.8 Å². The summed E-state index contributed by atoms with van der Waals surface area (Å²) in [5.74, 6) is 0.305. The van der Waals surface area contributed by atoms with Gasteiger partial charge in [0.25, 0.3) is 0 Å². The number of carbonyl (C=O) groups is 1. The topological polar surface area (TPSA) is 103 Å². The Hall–Kier alpha value is -4.02. The van der Waals surface area contributed by atoms with E-state index in [9.17, 15) is 9.90 Å². The maximum absolute atomic E-state index is 13.0. The van der Waals surface area contributed by atoms with Crippen molar-refractivity contribution in [2.45, 2.75) is 57.7 Å². The van der Waals surface area contributed by atoms with Gasteiger partial charge in [-0.05, 0) is 84.0 Å². The molecule has 42 heavy (non-hydrogen) atoms. The SMILES string of the molecule is CCOC(=O)C[C@@H](c1cc(CN2Cc3c(ccnc3O)OC3(CC3)C2)c2sccc2c1)c1ccc2c(nnn2C)c1C. The highest BCUT2D eigenvalue weighted by Gasteiger charge is 2.49. The molecule has 4 heterocycles. The van der Waals surface area contributed by atoms with E-state index in [0.29, 0.717) is 19.7 Å². The van der Waals surface area contributed by atoms with Crippen LogP contribution in [0.5, 0.6) is 11.6 Å². The second kappa shape index (κ2) is 10.4. The van der Waals surface area contributed by atoms with Crippen molar-refractivity contribution in [1.82, 2.24) is 24.9 Å². The molecule has 1 fully saturated rings. The highest BCUT2D eigenvalue weighted by atomic mass is 32.1. The number of carbonyl (C=O) groups excluding carboxylic acids is 1. The number of ether oxygens (including phenoxy) is 2. The van der Waals surface area contributed by atoms with E-state index < -0.39 is 0 Å². The van der Waals surface area contributed by atoms with Crippen LogP contribution in [-0.2, 0) is 29.7 Å². The summed E-state index contributed by atoms with van der Waals surface area (Å²) in [7, 11) is 1.88. The minimum absolute atomic E-state index is 0.0228. The van der Waals surface area contributed by atoms with Crippen LogP contribution in [0.15, 0.2) is 48.0 Å². The van der Waals surface area contributed by atoms with Crippen molar-refractivity contribution < 1.29 is 19.4 Å². The van der Waals surface area contributed by atoms with Crippen LogP contribution in [-0.4, -0.2) is 54.7 Å². The third kappa shape index (κ3) is 4.78. The Labute approximate surface area is 247 Å². The van der Waals surface area contributed by atoms with Crippen LogP contribution in [0, 0.1) is 6.92 Å². The first-order valence-corrected chi connectivity index (χ1v) is 15.2. The third-order valence-corrected chi connectivity index (χ3v) is 9.60. The molecule has 1 spiro atoms. The van der Waals surface area contributed by atoms with Gasteiger partial charge in [0, 0.05) is 43.5 Å². The molecule has 9 nitrogen and oxygen atoms in total. The fourth-order valence-corrected chi connectivity index (χ4v) is 7.22. The van der Waals surface area contributed by atoms with Crippen molar-refractivity contribution >= 4 is 38.4 Å². The lowest BCUT2D eigenvalue weighted by molar-refractivity contribution is -0.143. The Balaban J connectivity index is 1.30. The standard InChI is InChI=1S/C32H33N5O4S/c1-4-40-28(38)15-24(23-5-6-26-29(19(23)2)34-35-36(26)3)21-13-20-8-12-42-30(20)22(14-21)16-37-17-25-27(7-11-33-31(25)39)41-32(18-37)9-10-32/h5-8,11-14,24H,4,9-10,15-18H2,1-3H3,(H,33,39)/t24-/m0/s1. The number of aromatic hydroxyl groups is 1. The lowest BCUT2D eigenvalue weighted by Crippen LogP contribution is -2.34. The van der Waals surface area contributed by atoms with E-state index >= 15 is 0 Å². The van der Waals surface area contributed by atoms with Crippen molar-refractivity contribution in [3.63, 3.8) is 0 Å². The zero-order valence-electron chi connectivity index (χ0n) is 24.0. The largest absolute Gasteiger partial charge is 0.493 e. The summed E-state index contributed by atoms with van der Waals surface area (Å²) in [5.41, 5.74) is 6.61. The van der Waals surface area contributed by atoms with Gasteiger partial charge in [-0.15, -0.1) is 16.4 Å². The van der Waals surface area contributed by atoms with Gasteiger partial charge in [0.2, 0.25) is 5.88 Å². The van der Waals surface area contributed by atoms with E-state index in [2.05, 4.69) is 56.8 Å². The highest BCUT2D eigenvalue weighted by molar-refractivity contribution is 7.17. The van der Waals surface area contributed by atoms with Gasteiger partial charge in [0.05, 0.1) is 24.1 Å². The number of esters is 1. The average Bonchev–Trinajstić information content (AvgIpc) is 3.39. The second-order valence-corrected chi connectivity index (χ2v) is 12.4. The molecule has 1 saturated carbocycles. The number of hydrogen-bond donors (Lipinski definition) is 1. The Kier molecular flexibility index (Phi) is 6.62. The summed E-state index contributed by atoms with van der Waals surface area (Å²) in [5, 5.41) is 22.5. The number of aryl methyl sites for hydroxylation is 2. The molecular weight excluding hydrogens is 550 g/mol. The van der Waals surface area contributed by atoms with Gasteiger partial charge in [0.1, 0.15) is 16.9 Å². The molecule has 0 bridgehead atoms. The molecule has 1 aliphatic heterocycles. The summed E-state index contributed by atoms with van der Waals surface area (Å²) in [4.78, 5) is 19.4. The van der Waals surface area contributed by atoms with Crippen LogP contribution >= 0.6 is 11.3 Å². The second-order valence-electron chi connectivity index (χ2n) is 11.5. The Morgan fingerprint density at radius 3 is 2.90 bits per heavy atom. The average molecular weight is 584 g/mol. The van der Waals surface area contributed by atoms with Crippen molar-refractivity contribution in [3.8, 4) is 11.6 Å². The van der Waals surface area contributed by atoms with Gasteiger partial charge in [-0.2, -0.15) is 0 Å². The Morgan fingerprint density at radius 1 is 1.24 bits per heavy atom. The lowest BCUT2D eigenvalue weighted by atomic mass is 9.84. The molecule has 0 amide bonds. The third-order valence-electron chi connectivity index (χ3n) is 8.60. The predicted molar refractivity (Wildman–Crippen MR) is 161 cm³/mol. The predicted octanol–water partition coefficient (Wildman–Crippen LogP) is 5.60. The quantitative estimate of drug-likeness (QED) is 0.247. The van der Waals surface area contributed by atoms with E-state index in [1.165, 1.54) is 10.3 Å². The first-order chi connectivity index (χ1) is 20.3. The van der Waals surface area contributed by atoms with Crippen molar-refractivity contribution in [2.24, 2.45) is 7.05 Å². The molecule has 0 saturated heterocycles. The van der Waals surface area contributed by atoms with Gasteiger partial charge < -0.3 is 14.6 Å². The first kappa shape index (κ1) is 26.9. The zero-order chi connectivity index (χ0) is 29.0. The fourth-order valence-electron chi connectivity index (χ4n) is 6.33. The normalized spacial score (nSPS) is 16.7. The summed E-state index contributed by atoms with van der Waals surface area (Å²) >= 11 is 1.73. The number of benzene rings is 2. The number of rotatable bonds is 7. The van der Waals surface area contributed by atoms with Crippen LogP contribution in [0.4, 0.5) is 0 Å². The fraction of sp³-hybridized carbons (Fsp3) is 0.375. The lowest BCUT2D eigenvalue weighted by Gasteiger charge is -2.25. The van der Waals surface area contributed by atoms with Crippen LogP contribution < -0.4 is 4.74 Å². The molecule has 5 aromatic rings. The summed E-state index contributed by atoms with van der Waals surface area (Å²) in [6, 6.07) is 12.6. The summed E-state index contributed by atoms with van der Waals surface area (Å²) < 4.78 is 14.8. The van der Waals surface area contributed by atoms with E-state index in [-0.39, 0.29) is 29.8 Å². The van der Waals surface area contributed by atoms with Gasteiger partial charge in [0.15, 0.2) is 0 Å². The number of fused-ring (bicyclic) bond motifs is 3. The molecule has 1 aliphatic carbocycles. The van der Waals surface area contributed by atoms with Crippen LogP contribution in [0.1, 0.15) is 59.9 Å². The molecule has 1 atom stereocenters. The number of aromatic nitrogens is 4. The molecule has 2 aliphatic rings. The minimum atomic E-state index is -0.229. The minimum Gasteiger partial charge on any atom is -0.493 e. The number of nitrogens with zero attached hydrogens (tertiary/aromatic N) is 5. The Bertz CT molecular complexity index is 1820. The van der Waals surface area contributed by atoms with Crippen molar-refractivity contribution in [3.05, 3.63) is 75.8 Å². The molecule has 216 valence electrons. The zero-order valence-corrected chi connectivity index (χ0v) is 24.8. The molecule has 0 unspecified atom stereocenters. The molecule has 2 aromatic carbocycles. The van der Waals surface area contributed by atoms with Gasteiger partial charge in [-0.1, -0.05) is 17.3 Å². The van der Waals surface area contributed by atoms with Gasteiger partial charge in [-0.25, -0.2) is 9.67 Å². The van der Waals surface area contributed by atoms with E-state index in [1.54, 1.807) is 22.2 Å². The van der Waals surface area contributed by atoms with Gasteiger partial charge >= 0.3 is 5.97 Å². The van der Waals surface area contributed by atoms with Crippen molar-refractivity contribution in [2.75, 3.05) is 13.2 Å². The first-order valence-electron chi connectivity index (χ1n) is 14.4. The molecule has 7 rings (SSSR count). The summed E-state index contributed by atoms with van der Waals surface area (Å²) in [6.45, 7) is 6.22. The summed E-state index contributed by atoms with van der Waals surface area (Å²) in [6.07, 6.45) is 3.81. The van der Waals surface area contributed by atoms with Gasteiger partial charge in [-0.3, -0.25) is 9.69 Å². The van der Waals surface area contributed by atoms with Crippen LogP contribution in [0.2, 0.25) is 0 Å². The number of pyridine rings is 1. The van der Waals surface area contributed by atoms with Crippen molar-refractivity contribution in [1.29, 1.82) is 0 Å².